The van der Waals surface area contributed by atoms with Gasteiger partial charge in [0.1, 0.15) is 0 Å². The number of hydrogen-bond acceptors (Lipinski definition) is 1. The van der Waals surface area contributed by atoms with Crippen LogP contribution < -0.4 is 0 Å². The first-order valence-corrected chi connectivity index (χ1v) is 7.69. The predicted octanol–water partition coefficient (Wildman–Crippen LogP) is 4.05. The summed E-state index contributed by atoms with van der Waals surface area (Å²) in [5.74, 6) is 0. The van der Waals surface area contributed by atoms with Crippen molar-refractivity contribution in [2.45, 2.75) is 45.7 Å². The van der Waals surface area contributed by atoms with Gasteiger partial charge in [0.25, 0.3) is 0 Å². The van der Waals surface area contributed by atoms with Crippen molar-refractivity contribution in [3.05, 3.63) is 34.9 Å². The van der Waals surface area contributed by atoms with Crippen LogP contribution in [0.25, 0.3) is 0 Å². The van der Waals surface area contributed by atoms with Gasteiger partial charge in [0.05, 0.1) is 0 Å². The van der Waals surface area contributed by atoms with Gasteiger partial charge in [-0.15, -0.1) is 0 Å². The zero-order valence-electron chi connectivity index (χ0n) is 10.9. The lowest BCUT2D eigenvalue weighted by molar-refractivity contribution is 0.128. The van der Waals surface area contributed by atoms with Crippen LogP contribution in [-0.2, 0) is 6.54 Å². The molecule has 1 saturated carbocycles. The topological polar surface area (TPSA) is 3.24 Å². The minimum absolute atomic E-state index is 0.826. The van der Waals surface area contributed by atoms with E-state index in [1.165, 1.54) is 36.0 Å². The van der Waals surface area contributed by atoms with Crippen molar-refractivity contribution in [1.82, 2.24) is 4.90 Å². The van der Waals surface area contributed by atoms with Gasteiger partial charge in [-0.05, 0) is 37.8 Å². The molecule has 17 heavy (non-hydrogen) atoms. The minimum atomic E-state index is 0.826. The highest BCUT2D eigenvalue weighted by molar-refractivity contribution is 9.09. The summed E-state index contributed by atoms with van der Waals surface area (Å²) in [5.41, 5.74) is 4.30. The second kappa shape index (κ2) is 6.01. The molecule has 0 N–H and O–H groups in total. The summed E-state index contributed by atoms with van der Waals surface area (Å²) in [6, 6.07) is 7.62. The minimum Gasteiger partial charge on any atom is -0.295 e. The standard InChI is InChI=1S/C15H22BrN/c1-12-6-7-13(2)14(10-12)11-17(9-8-16)15-4-3-5-15/h6-7,10,15H,3-5,8-9,11H2,1-2H3. The van der Waals surface area contributed by atoms with Crippen molar-refractivity contribution >= 4 is 15.9 Å². The van der Waals surface area contributed by atoms with Gasteiger partial charge in [-0.1, -0.05) is 46.1 Å². The quantitative estimate of drug-likeness (QED) is 0.741. The lowest BCUT2D eigenvalue weighted by Gasteiger charge is -2.37. The highest BCUT2D eigenvalue weighted by atomic mass is 79.9. The van der Waals surface area contributed by atoms with Crippen molar-refractivity contribution in [3.63, 3.8) is 0 Å². The van der Waals surface area contributed by atoms with E-state index in [-0.39, 0.29) is 0 Å². The van der Waals surface area contributed by atoms with E-state index in [4.69, 9.17) is 0 Å². The number of benzene rings is 1. The Morgan fingerprint density at radius 3 is 2.65 bits per heavy atom. The largest absolute Gasteiger partial charge is 0.295 e. The molecule has 0 spiro atoms. The van der Waals surface area contributed by atoms with Crippen LogP contribution in [0.2, 0.25) is 0 Å². The van der Waals surface area contributed by atoms with E-state index in [0.29, 0.717) is 0 Å². The molecule has 0 aliphatic heterocycles. The second-order valence-corrected chi connectivity index (χ2v) is 5.97. The van der Waals surface area contributed by atoms with E-state index in [1.54, 1.807) is 0 Å². The Balaban J connectivity index is 2.07. The fourth-order valence-corrected chi connectivity index (χ4v) is 2.90. The van der Waals surface area contributed by atoms with E-state index in [2.05, 4.69) is 52.9 Å². The number of hydrogen-bond donors (Lipinski definition) is 0. The van der Waals surface area contributed by atoms with Crippen LogP contribution in [0.15, 0.2) is 18.2 Å². The van der Waals surface area contributed by atoms with E-state index in [1.807, 2.05) is 0 Å². The van der Waals surface area contributed by atoms with Gasteiger partial charge >= 0.3 is 0 Å². The number of nitrogens with zero attached hydrogens (tertiary/aromatic N) is 1. The van der Waals surface area contributed by atoms with Crippen molar-refractivity contribution < 1.29 is 0 Å². The van der Waals surface area contributed by atoms with Gasteiger partial charge in [-0.2, -0.15) is 0 Å². The molecule has 0 amide bonds. The Hall–Kier alpha value is -0.340. The molecule has 1 aromatic rings. The third-order valence-electron chi connectivity index (χ3n) is 3.84. The molecular weight excluding hydrogens is 274 g/mol. The third kappa shape index (κ3) is 3.32. The summed E-state index contributed by atoms with van der Waals surface area (Å²) in [6.45, 7) is 6.69. The average molecular weight is 296 g/mol. The first kappa shape index (κ1) is 13.1. The van der Waals surface area contributed by atoms with E-state index in [9.17, 15) is 0 Å². The van der Waals surface area contributed by atoms with Gasteiger partial charge in [0, 0.05) is 24.5 Å². The molecule has 94 valence electrons. The van der Waals surface area contributed by atoms with Crippen molar-refractivity contribution in [1.29, 1.82) is 0 Å². The molecule has 2 rings (SSSR count). The van der Waals surface area contributed by atoms with Crippen LogP contribution in [0.3, 0.4) is 0 Å². The summed E-state index contributed by atoms with van der Waals surface area (Å²) in [6.07, 6.45) is 4.19. The van der Waals surface area contributed by atoms with Crippen molar-refractivity contribution in [3.8, 4) is 0 Å². The van der Waals surface area contributed by atoms with Crippen LogP contribution >= 0.6 is 15.9 Å². The molecule has 0 bridgehead atoms. The first-order chi connectivity index (χ1) is 8.20. The maximum atomic E-state index is 3.58. The molecule has 0 unspecified atom stereocenters. The Morgan fingerprint density at radius 1 is 1.29 bits per heavy atom. The van der Waals surface area contributed by atoms with Crippen LogP contribution in [-0.4, -0.2) is 22.8 Å². The number of aryl methyl sites for hydroxylation is 2. The Labute approximate surface area is 113 Å². The second-order valence-electron chi connectivity index (χ2n) is 5.17. The third-order valence-corrected chi connectivity index (χ3v) is 4.20. The maximum absolute atomic E-state index is 3.58. The molecule has 1 aliphatic rings. The molecular formula is C15H22BrN. The first-order valence-electron chi connectivity index (χ1n) is 6.57. The van der Waals surface area contributed by atoms with E-state index < -0.39 is 0 Å². The average Bonchev–Trinajstić information content (AvgIpc) is 2.21. The maximum Gasteiger partial charge on any atom is 0.0239 e. The van der Waals surface area contributed by atoms with Crippen molar-refractivity contribution in [2.75, 3.05) is 11.9 Å². The summed E-state index contributed by atoms with van der Waals surface area (Å²) in [4.78, 5) is 2.64. The Morgan fingerprint density at radius 2 is 2.06 bits per heavy atom. The molecule has 0 radical (unpaired) electrons. The molecule has 0 aromatic heterocycles. The molecule has 1 fully saturated rings. The highest BCUT2D eigenvalue weighted by Crippen LogP contribution is 2.27. The number of halogens is 1. The van der Waals surface area contributed by atoms with Crippen LogP contribution in [0.1, 0.15) is 36.0 Å². The van der Waals surface area contributed by atoms with E-state index >= 15 is 0 Å². The zero-order valence-corrected chi connectivity index (χ0v) is 12.5. The fraction of sp³-hybridized carbons (Fsp3) is 0.600. The van der Waals surface area contributed by atoms with Gasteiger partial charge in [0.2, 0.25) is 0 Å². The molecule has 1 aliphatic carbocycles. The Kier molecular flexibility index (Phi) is 4.63. The summed E-state index contributed by atoms with van der Waals surface area (Å²) < 4.78 is 0. The monoisotopic (exact) mass is 295 g/mol. The molecule has 0 heterocycles. The highest BCUT2D eigenvalue weighted by Gasteiger charge is 2.24. The number of alkyl halides is 1. The van der Waals surface area contributed by atoms with Crippen molar-refractivity contribution in [2.24, 2.45) is 0 Å². The summed E-state index contributed by atoms with van der Waals surface area (Å²) >= 11 is 3.58. The fourth-order valence-electron chi connectivity index (χ4n) is 2.44. The SMILES string of the molecule is Cc1ccc(C)c(CN(CCBr)C2CCC2)c1. The molecule has 1 nitrogen and oxygen atoms in total. The molecule has 0 saturated heterocycles. The predicted molar refractivity (Wildman–Crippen MR) is 77.8 cm³/mol. The van der Waals surface area contributed by atoms with Gasteiger partial charge < -0.3 is 0 Å². The van der Waals surface area contributed by atoms with E-state index in [0.717, 1.165) is 24.5 Å². The Bertz CT molecular complexity index is 371. The molecule has 0 atom stereocenters. The molecule has 1 aromatic carbocycles. The summed E-state index contributed by atoms with van der Waals surface area (Å²) in [5, 5.41) is 1.08. The number of rotatable bonds is 5. The van der Waals surface area contributed by atoms with Crippen LogP contribution in [0.4, 0.5) is 0 Å². The van der Waals surface area contributed by atoms with Gasteiger partial charge in [-0.25, -0.2) is 0 Å². The van der Waals surface area contributed by atoms with Crippen LogP contribution in [0, 0.1) is 13.8 Å². The zero-order chi connectivity index (χ0) is 12.3. The summed E-state index contributed by atoms with van der Waals surface area (Å²) in [7, 11) is 0. The lowest BCUT2D eigenvalue weighted by atomic mass is 9.91. The molecule has 2 heteroatoms. The smallest absolute Gasteiger partial charge is 0.0239 e. The normalized spacial score (nSPS) is 16.2. The lowest BCUT2D eigenvalue weighted by Crippen LogP contribution is -2.40. The van der Waals surface area contributed by atoms with Crippen LogP contribution in [0.5, 0.6) is 0 Å². The van der Waals surface area contributed by atoms with Gasteiger partial charge in [0.15, 0.2) is 0 Å². The van der Waals surface area contributed by atoms with Gasteiger partial charge in [-0.3, -0.25) is 4.90 Å².